The van der Waals surface area contributed by atoms with Crippen LogP contribution in [0, 0.1) is 17.8 Å². The zero-order chi connectivity index (χ0) is 73.0. The van der Waals surface area contributed by atoms with Gasteiger partial charge >= 0.3 is 39.5 Å². The van der Waals surface area contributed by atoms with Crippen LogP contribution >= 0.6 is 15.6 Å². The third-order valence-electron chi connectivity index (χ3n) is 18.6. The molecule has 0 heterocycles. The third kappa shape index (κ3) is 74.1. The number of ether oxygens (including phenoxy) is 4. The van der Waals surface area contributed by atoms with Gasteiger partial charge in [0.1, 0.15) is 19.3 Å². The second-order valence-corrected chi connectivity index (χ2v) is 33.1. The molecule has 0 saturated heterocycles. The van der Waals surface area contributed by atoms with Gasteiger partial charge in [-0.25, -0.2) is 9.13 Å². The van der Waals surface area contributed by atoms with E-state index >= 15 is 0 Å². The Morgan fingerprint density at radius 3 is 0.687 bits per heavy atom. The Labute approximate surface area is 607 Å². The summed E-state index contributed by atoms with van der Waals surface area (Å²) in [7, 11) is -9.92. The predicted octanol–water partition coefficient (Wildman–Crippen LogP) is 23.7. The summed E-state index contributed by atoms with van der Waals surface area (Å²) in [5, 5.41) is 10.6. The highest BCUT2D eigenvalue weighted by Gasteiger charge is 2.30. The first-order valence-electron chi connectivity index (χ1n) is 41.3. The maximum Gasteiger partial charge on any atom is 0.472 e. The highest BCUT2D eigenvalue weighted by molar-refractivity contribution is 7.47. The van der Waals surface area contributed by atoms with Gasteiger partial charge in [0.2, 0.25) is 0 Å². The van der Waals surface area contributed by atoms with Crippen molar-refractivity contribution in [3.63, 3.8) is 0 Å². The van der Waals surface area contributed by atoms with Crippen molar-refractivity contribution >= 4 is 39.5 Å². The summed E-state index contributed by atoms with van der Waals surface area (Å²) in [6, 6.07) is 0. The zero-order valence-corrected chi connectivity index (χ0v) is 66.8. The fourth-order valence-corrected chi connectivity index (χ4v) is 13.9. The Morgan fingerprint density at radius 1 is 0.273 bits per heavy atom. The molecule has 3 N–H and O–H groups in total. The number of phosphoric ester groups is 2. The first kappa shape index (κ1) is 97.1. The van der Waals surface area contributed by atoms with Gasteiger partial charge < -0.3 is 33.8 Å². The van der Waals surface area contributed by atoms with E-state index in [1.165, 1.54) is 218 Å². The summed E-state index contributed by atoms with van der Waals surface area (Å²) in [4.78, 5) is 72.9. The minimum absolute atomic E-state index is 0.105. The smallest absolute Gasteiger partial charge is 0.462 e. The average Bonchev–Trinajstić information content (AvgIpc) is 1.07. The Hall–Kier alpha value is -1.94. The third-order valence-corrected chi connectivity index (χ3v) is 20.5. The van der Waals surface area contributed by atoms with E-state index in [2.05, 4.69) is 48.5 Å². The fraction of sp³-hybridized carbons (Fsp3) is 0.950. The molecular weight excluding hydrogens is 1290 g/mol. The van der Waals surface area contributed by atoms with Crippen LogP contribution in [-0.2, 0) is 65.4 Å². The lowest BCUT2D eigenvalue weighted by Gasteiger charge is -2.21. The molecule has 0 radical (unpaired) electrons. The van der Waals surface area contributed by atoms with E-state index in [4.69, 9.17) is 37.0 Å². The maximum absolute atomic E-state index is 13.1. The molecule has 0 aliphatic rings. The van der Waals surface area contributed by atoms with Crippen molar-refractivity contribution < 1.29 is 80.2 Å². The molecule has 2 unspecified atom stereocenters. The molecule has 0 rings (SSSR count). The number of unbranched alkanes of at least 4 members (excludes halogenated alkanes) is 46. The fourth-order valence-electron chi connectivity index (χ4n) is 12.3. The summed E-state index contributed by atoms with van der Waals surface area (Å²) < 4.78 is 68.6. The van der Waals surface area contributed by atoms with Crippen molar-refractivity contribution in [2.24, 2.45) is 17.8 Å². The van der Waals surface area contributed by atoms with Crippen LogP contribution in [0.1, 0.15) is 414 Å². The lowest BCUT2D eigenvalue weighted by Crippen LogP contribution is -2.30. The first-order valence-corrected chi connectivity index (χ1v) is 44.3. The number of aliphatic hydroxyl groups is 1. The van der Waals surface area contributed by atoms with E-state index in [-0.39, 0.29) is 25.7 Å². The van der Waals surface area contributed by atoms with Gasteiger partial charge in [-0.1, -0.05) is 363 Å². The number of carbonyl (C=O) groups is 4. The van der Waals surface area contributed by atoms with E-state index in [1.54, 1.807) is 0 Å². The van der Waals surface area contributed by atoms with Crippen LogP contribution < -0.4 is 0 Å². The summed E-state index contributed by atoms with van der Waals surface area (Å²) in [5.41, 5.74) is 0. The molecule has 0 spiro atoms. The molecule has 19 heteroatoms. The van der Waals surface area contributed by atoms with Gasteiger partial charge in [0, 0.05) is 25.7 Å². The van der Waals surface area contributed by atoms with Crippen molar-refractivity contribution in [1.82, 2.24) is 0 Å². The summed E-state index contributed by atoms with van der Waals surface area (Å²) in [6.45, 7) is 11.9. The van der Waals surface area contributed by atoms with Crippen LogP contribution in [0.3, 0.4) is 0 Å². The Morgan fingerprint density at radius 2 is 0.465 bits per heavy atom. The Bertz CT molecular complexity index is 1920. The first-order chi connectivity index (χ1) is 47.7. The molecule has 0 aromatic rings. The van der Waals surface area contributed by atoms with Gasteiger partial charge in [-0.15, -0.1) is 0 Å². The number of hydrogen-bond donors (Lipinski definition) is 3. The molecule has 0 aliphatic carbocycles. The SMILES string of the molecule is CCCCCCCCCCCCCCCCCC(=O)OC[C@H](COP(=O)(O)OC[C@@H](O)COP(=O)(O)OC[C@@H](COC(=O)CCCCCCCCC(C)C)OC(=O)CCCCCCCCCCCCCC(C)C)OC(=O)CCCCCCCCCCCCCCCCCCCCC(C)C. The zero-order valence-electron chi connectivity index (χ0n) is 65.0. The van der Waals surface area contributed by atoms with Crippen molar-refractivity contribution in [2.75, 3.05) is 39.6 Å². The van der Waals surface area contributed by atoms with Gasteiger partial charge in [-0.3, -0.25) is 37.3 Å². The summed E-state index contributed by atoms with van der Waals surface area (Å²) in [5.74, 6) is 0.151. The second kappa shape index (κ2) is 70.4. The topological polar surface area (TPSA) is 237 Å². The van der Waals surface area contributed by atoms with Crippen LogP contribution in [-0.4, -0.2) is 96.7 Å². The predicted molar refractivity (Wildman–Crippen MR) is 405 cm³/mol. The number of aliphatic hydroxyl groups excluding tert-OH is 1. The monoisotopic (exact) mass is 1450 g/mol. The van der Waals surface area contributed by atoms with E-state index in [9.17, 15) is 43.2 Å². The molecule has 0 aliphatic heterocycles. The molecule has 5 atom stereocenters. The number of carbonyl (C=O) groups excluding carboxylic acids is 4. The molecule has 0 amide bonds. The number of esters is 4. The summed E-state index contributed by atoms with van der Waals surface area (Å²) >= 11 is 0. The molecule has 0 saturated carbocycles. The molecule has 0 aromatic carbocycles. The van der Waals surface area contributed by atoms with Gasteiger partial charge in [0.05, 0.1) is 26.4 Å². The van der Waals surface area contributed by atoms with Crippen molar-refractivity contribution in [1.29, 1.82) is 0 Å². The van der Waals surface area contributed by atoms with E-state index in [0.29, 0.717) is 31.6 Å². The van der Waals surface area contributed by atoms with Gasteiger partial charge in [0.15, 0.2) is 12.2 Å². The van der Waals surface area contributed by atoms with E-state index < -0.39 is 97.5 Å². The van der Waals surface area contributed by atoms with Crippen molar-refractivity contribution in [3.05, 3.63) is 0 Å². The highest BCUT2D eigenvalue weighted by atomic mass is 31.2. The van der Waals surface area contributed by atoms with Gasteiger partial charge in [-0.05, 0) is 43.4 Å². The molecule has 0 aromatic heterocycles. The van der Waals surface area contributed by atoms with Crippen molar-refractivity contribution in [2.45, 2.75) is 433 Å². The maximum atomic E-state index is 13.1. The lowest BCUT2D eigenvalue weighted by atomic mass is 10.0. The van der Waals surface area contributed by atoms with Crippen molar-refractivity contribution in [3.8, 4) is 0 Å². The normalized spacial score (nSPS) is 14.0. The van der Waals surface area contributed by atoms with Gasteiger partial charge in [0.25, 0.3) is 0 Å². The van der Waals surface area contributed by atoms with Crippen LogP contribution in [0.5, 0.6) is 0 Å². The van der Waals surface area contributed by atoms with Crippen LogP contribution in [0.4, 0.5) is 0 Å². The molecule has 17 nitrogen and oxygen atoms in total. The van der Waals surface area contributed by atoms with Crippen LogP contribution in [0.2, 0.25) is 0 Å². The standard InChI is InChI=1S/C80H156O17P2/c1-8-9-10-11-12-13-14-15-20-24-29-34-39-47-54-61-77(82)90-67-75(96-79(84)63-56-49-40-35-30-25-22-19-17-16-18-21-23-27-32-37-44-51-58-71(2)3)69-94-98(86,87)92-65-74(81)66-93-99(88,89)95-70-76(68-91-78(83)62-55-48-43-42-46-53-60-73(6)7)97-80(85)64-57-50-41-36-31-26-28-33-38-45-52-59-72(4)5/h71-76,81H,8-70H2,1-7H3,(H,86,87)(H,88,89)/t74-,75-,76-/m1/s1. The Balaban J connectivity index is 5.21. The molecule has 0 bridgehead atoms. The average molecular weight is 1450 g/mol. The quantitative estimate of drug-likeness (QED) is 0.0222. The molecule has 588 valence electrons. The highest BCUT2D eigenvalue weighted by Crippen LogP contribution is 2.45. The number of phosphoric acid groups is 2. The molecular formula is C80H156O17P2. The molecule has 99 heavy (non-hydrogen) atoms. The number of rotatable bonds is 78. The van der Waals surface area contributed by atoms with E-state index in [0.717, 1.165) is 108 Å². The van der Waals surface area contributed by atoms with E-state index in [1.807, 2.05) is 0 Å². The minimum atomic E-state index is -4.96. The number of hydrogen-bond acceptors (Lipinski definition) is 15. The second-order valence-electron chi connectivity index (χ2n) is 30.2. The van der Waals surface area contributed by atoms with Crippen LogP contribution in [0.15, 0.2) is 0 Å². The summed E-state index contributed by atoms with van der Waals surface area (Å²) in [6.07, 6.45) is 58.5. The molecule has 0 fully saturated rings. The largest absolute Gasteiger partial charge is 0.472 e. The Kier molecular flexibility index (Phi) is 69.0. The van der Waals surface area contributed by atoms with Crippen LogP contribution in [0.25, 0.3) is 0 Å². The minimum Gasteiger partial charge on any atom is -0.462 e. The lowest BCUT2D eigenvalue weighted by molar-refractivity contribution is -0.161. The van der Waals surface area contributed by atoms with Gasteiger partial charge in [-0.2, -0.15) is 0 Å².